The van der Waals surface area contributed by atoms with Gasteiger partial charge in [0.25, 0.3) is 0 Å². The van der Waals surface area contributed by atoms with Crippen LogP contribution in [-0.4, -0.2) is 21.5 Å². The first-order valence-corrected chi connectivity index (χ1v) is 9.43. The summed E-state index contributed by atoms with van der Waals surface area (Å²) in [5.74, 6) is 0.576. The Bertz CT molecular complexity index is 839. The predicted molar refractivity (Wildman–Crippen MR) is 108 cm³/mol. The third-order valence-electron chi connectivity index (χ3n) is 3.98. The molecule has 0 unspecified atom stereocenters. The van der Waals surface area contributed by atoms with Crippen LogP contribution in [0.2, 0.25) is 10.0 Å². The van der Waals surface area contributed by atoms with E-state index in [0.717, 1.165) is 29.1 Å². The normalized spacial score (nSPS) is 11.3. The number of nitrogens with one attached hydrogen (secondary N) is 1. The zero-order valence-electron chi connectivity index (χ0n) is 14.9. The molecule has 3 rings (SSSR count). The number of hydrogen-bond acceptors (Lipinski definition) is 3. The molecule has 1 N–H and O–H groups in total. The number of hydrogen-bond donors (Lipinski definition) is 1. The highest BCUT2D eigenvalue weighted by Crippen LogP contribution is 2.26. The van der Waals surface area contributed by atoms with Crippen LogP contribution in [0, 0.1) is 5.92 Å². The molecule has 2 aromatic carbocycles. The van der Waals surface area contributed by atoms with Crippen molar-refractivity contribution in [1.82, 2.24) is 20.3 Å². The van der Waals surface area contributed by atoms with Crippen LogP contribution in [0.1, 0.15) is 25.1 Å². The Balaban J connectivity index is 1.90. The quantitative estimate of drug-likeness (QED) is 0.615. The molecule has 6 heteroatoms. The maximum Gasteiger partial charge on any atom is 0.117 e. The van der Waals surface area contributed by atoms with Gasteiger partial charge in [-0.2, -0.15) is 15.0 Å². The Labute approximate surface area is 164 Å². The molecule has 1 aromatic heterocycles. The number of nitrogens with zero attached hydrogens (tertiary/aromatic N) is 3. The minimum Gasteiger partial charge on any atom is -0.311 e. The molecular weight excluding hydrogens is 367 g/mol. The van der Waals surface area contributed by atoms with Crippen molar-refractivity contribution < 1.29 is 0 Å². The molecule has 0 fully saturated rings. The van der Waals surface area contributed by atoms with Crippen molar-refractivity contribution in [1.29, 1.82) is 0 Å². The minimum atomic E-state index is 0.433. The highest BCUT2D eigenvalue weighted by molar-refractivity contribution is 6.35. The van der Waals surface area contributed by atoms with Crippen LogP contribution >= 0.6 is 23.2 Å². The van der Waals surface area contributed by atoms with Gasteiger partial charge in [0.1, 0.15) is 11.4 Å². The largest absolute Gasteiger partial charge is 0.311 e. The van der Waals surface area contributed by atoms with Crippen LogP contribution in [0.5, 0.6) is 0 Å². The van der Waals surface area contributed by atoms with Crippen LogP contribution < -0.4 is 5.32 Å². The van der Waals surface area contributed by atoms with E-state index in [-0.39, 0.29) is 0 Å². The van der Waals surface area contributed by atoms with Gasteiger partial charge in [0.15, 0.2) is 0 Å². The lowest BCUT2D eigenvalue weighted by Gasteiger charge is -2.06. The van der Waals surface area contributed by atoms with Crippen molar-refractivity contribution in [3.63, 3.8) is 0 Å². The summed E-state index contributed by atoms with van der Waals surface area (Å²) in [6.07, 6.45) is 0. The van der Waals surface area contributed by atoms with Crippen LogP contribution in [0.3, 0.4) is 0 Å². The zero-order chi connectivity index (χ0) is 18.5. The molecule has 0 aliphatic rings. The molecule has 26 heavy (non-hydrogen) atoms. The smallest absolute Gasteiger partial charge is 0.117 e. The van der Waals surface area contributed by atoms with E-state index >= 15 is 0 Å². The molecule has 0 saturated heterocycles. The van der Waals surface area contributed by atoms with Gasteiger partial charge in [0.05, 0.1) is 6.54 Å². The lowest BCUT2D eigenvalue weighted by Crippen LogP contribution is -2.19. The van der Waals surface area contributed by atoms with E-state index in [2.05, 4.69) is 24.3 Å². The van der Waals surface area contributed by atoms with Crippen LogP contribution in [0.15, 0.2) is 48.5 Å². The Morgan fingerprint density at radius 1 is 0.962 bits per heavy atom. The summed E-state index contributed by atoms with van der Waals surface area (Å²) in [5.41, 5.74) is 3.67. The summed E-state index contributed by atoms with van der Waals surface area (Å²) in [7, 11) is 0. The van der Waals surface area contributed by atoms with Crippen molar-refractivity contribution in [2.75, 3.05) is 6.54 Å². The molecule has 0 amide bonds. The maximum absolute atomic E-state index is 6.30. The third kappa shape index (κ3) is 4.64. The summed E-state index contributed by atoms with van der Waals surface area (Å²) in [4.78, 5) is 1.67. The Morgan fingerprint density at radius 2 is 1.65 bits per heavy atom. The number of benzene rings is 2. The first-order chi connectivity index (χ1) is 12.5. The second-order valence-electron chi connectivity index (χ2n) is 6.62. The first-order valence-electron chi connectivity index (χ1n) is 8.67. The van der Waals surface area contributed by atoms with E-state index in [9.17, 15) is 0 Å². The van der Waals surface area contributed by atoms with Crippen molar-refractivity contribution >= 4 is 23.2 Å². The molecular formula is C20H22Cl2N4. The molecule has 1 heterocycles. The van der Waals surface area contributed by atoms with Gasteiger partial charge in [0, 0.05) is 27.7 Å². The summed E-state index contributed by atoms with van der Waals surface area (Å²) >= 11 is 12.6. The van der Waals surface area contributed by atoms with Gasteiger partial charge in [-0.1, -0.05) is 73.4 Å². The lowest BCUT2D eigenvalue weighted by atomic mass is 10.1. The molecule has 0 aliphatic heterocycles. The molecule has 0 saturated carbocycles. The first kappa shape index (κ1) is 18.9. The third-order valence-corrected chi connectivity index (χ3v) is 4.69. The van der Waals surface area contributed by atoms with E-state index in [4.69, 9.17) is 28.3 Å². The fraction of sp³-hybridized carbons (Fsp3) is 0.300. The van der Waals surface area contributed by atoms with Gasteiger partial charge < -0.3 is 5.32 Å². The molecule has 0 radical (unpaired) electrons. The van der Waals surface area contributed by atoms with Crippen molar-refractivity contribution in [2.24, 2.45) is 5.92 Å². The van der Waals surface area contributed by atoms with Gasteiger partial charge >= 0.3 is 0 Å². The standard InChI is InChI=1S/C20H22Cl2N4/c1-14(2)11-23-12-19-20(15-7-4-3-5-8-15)25-26(24-19)13-16-17(21)9-6-10-18(16)22/h3-10,14,23H,11-13H2,1-2H3. The maximum atomic E-state index is 6.30. The van der Waals surface area contributed by atoms with Crippen LogP contribution in [0.25, 0.3) is 11.3 Å². The van der Waals surface area contributed by atoms with Crippen molar-refractivity contribution in [3.8, 4) is 11.3 Å². The van der Waals surface area contributed by atoms with E-state index in [0.29, 0.717) is 29.1 Å². The molecule has 0 spiro atoms. The Hall–Kier alpha value is -1.88. The predicted octanol–water partition coefficient (Wildman–Crippen LogP) is 5.05. The number of aromatic nitrogens is 3. The fourth-order valence-electron chi connectivity index (χ4n) is 2.70. The summed E-state index contributed by atoms with van der Waals surface area (Å²) in [6.45, 7) is 6.39. The number of rotatable bonds is 7. The monoisotopic (exact) mass is 388 g/mol. The van der Waals surface area contributed by atoms with E-state index in [1.54, 1.807) is 4.80 Å². The van der Waals surface area contributed by atoms with E-state index < -0.39 is 0 Å². The van der Waals surface area contributed by atoms with Crippen LogP contribution in [0.4, 0.5) is 0 Å². The van der Waals surface area contributed by atoms with Gasteiger partial charge in [0.2, 0.25) is 0 Å². The molecule has 0 bridgehead atoms. The lowest BCUT2D eigenvalue weighted by molar-refractivity contribution is 0.537. The highest BCUT2D eigenvalue weighted by atomic mass is 35.5. The second-order valence-corrected chi connectivity index (χ2v) is 7.43. The SMILES string of the molecule is CC(C)CNCc1nn(Cc2c(Cl)cccc2Cl)nc1-c1ccccc1. The topological polar surface area (TPSA) is 42.7 Å². The molecule has 136 valence electrons. The van der Waals surface area contributed by atoms with Crippen molar-refractivity contribution in [2.45, 2.75) is 26.9 Å². The van der Waals surface area contributed by atoms with Crippen molar-refractivity contribution in [3.05, 3.63) is 69.8 Å². The highest BCUT2D eigenvalue weighted by Gasteiger charge is 2.15. The van der Waals surface area contributed by atoms with Crippen LogP contribution in [-0.2, 0) is 13.1 Å². The van der Waals surface area contributed by atoms with E-state index in [1.165, 1.54) is 0 Å². The van der Waals surface area contributed by atoms with E-state index in [1.807, 2.05) is 48.5 Å². The zero-order valence-corrected chi connectivity index (χ0v) is 16.4. The summed E-state index contributed by atoms with van der Waals surface area (Å²) in [6, 6.07) is 15.6. The average molecular weight is 389 g/mol. The molecule has 0 aliphatic carbocycles. The molecule has 0 atom stereocenters. The minimum absolute atomic E-state index is 0.433. The average Bonchev–Trinajstić information content (AvgIpc) is 3.02. The van der Waals surface area contributed by atoms with Gasteiger partial charge in [-0.15, -0.1) is 0 Å². The molecule has 3 aromatic rings. The number of halogens is 2. The van der Waals surface area contributed by atoms with Gasteiger partial charge in [-0.25, -0.2) is 0 Å². The summed E-state index contributed by atoms with van der Waals surface area (Å²) in [5, 5.41) is 14.1. The molecule has 4 nitrogen and oxygen atoms in total. The van der Waals surface area contributed by atoms with Gasteiger partial charge in [-0.05, 0) is 24.6 Å². The Morgan fingerprint density at radius 3 is 2.31 bits per heavy atom. The second kappa shape index (κ2) is 8.67. The Kier molecular flexibility index (Phi) is 6.30. The van der Waals surface area contributed by atoms with Gasteiger partial charge in [-0.3, -0.25) is 0 Å². The fourth-order valence-corrected chi connectivity index (χ4v) is 3.21. The summed E-state index contributed by atoms with van der Waals surface area (Å²) < 4.78 is 0.